The highest BCUT2D eigenvalue weighted by molar-refractivity contribution is 6.30. The Balaban J connectivity index is 1.30. The molecule has 1 aromatic heterocycles. The molecular formula is C28H28ClNO3. The molecule has 5 heteroatoms. The van der Waals surface area contributed by atoms with Gasteiger partial charge in [-0.3, -0.25) is 4.98 Å². The summed E-state index contributed by atoms with van der Waals surface area (Å²) in [5, 5.41) is 22.0. The Bertz CT molecular complexity index is 1160. The summed E-state index contributed by atoms with van der Waals surface area (Å²) in [6.07, 6.45) is 9.57. The molecule has 2 aromatic carbocycles. The van der Waals surface area contributed by atoms with Gasteiger partial charge in [-0.1, -0.05) is 35.9 Å². The number of halogens is 1. The lowest BCUT2D eigenvalue weighted by Crippen LogP contribution is -2.31. The average molecular weight is 462 g/mol. The van der Waals surface area contributed by atoms with Gasteiger partial charge in [-0.25, -0.2) is 0 Å². The van der Waals surface area contributed by atoms with E-state index in [-0.39, 0.29) is 5.75 Å². The minimum absolute atomic E-state index is 0.226. The molecule has 1 aliphatic heterocycles. The number of allylic oxidation sites excluding steroid dienone is 1. The molecule has 33 heavy (non-hydrogen) atoms. The smallest absolute Gasteiger partial charge is 0.131 e. The van der Waals surface area contributed by atoms with E-state index in [1.807, 2.05) is 36.4 Å². The topological polar surface area (TPSA) is 62.6 Å². The van der Waals surface area contributed by atoms with Crippen molar-refractivity contribution in [3.05, 3.63) is 94.3 Å². The van der Waals surface area contributed by atoms with Crippen molar-refractivity contribution in [1.29, 1.82) is 0 Å². The van der Waals surface area contributed by atoms with Crippen molar-refractivity contribution in [3.8, 4) is 11.5 Å². The molecule has 0 radical (unpaired) electrons. The van der Waals surface area contributed by atoms with Crippen LogP contribution in [0.5, 0.6) is 11.5 Å². The summed E-state index contributed by atoms with van der Waals surface area (Å²) in [5.41, 5.74) is 4.15. The number of benzene rings is 2. The first-order valence-electron chi connectivity index (χ1n) is 11.6. The summed E-state index contributed by atoms with van der Waals surface area (Å²) in [6.45, 7) is 0.414. The van der Waals surface area contributed by atoms with Crippen LogP contribution in [0.4, 0.5) is 0 Å². The van der Waals surface area contributed by atoms with Crippen LogP contribution in [0.1, 0.15) is 60.9 Å². The Labute approximate surface area is 199 Å². The number of pyridine rings is 1. The van der Waals surface area contributed by atoms with Gasteiger partial charge in [-0.05, 0) is 92.0 Å². The Morgan fingerprint density at radius 3 is 2.64 bits per heavy atom. The van der Waals surface area contributed by atoms with E-state index in [4.69, 9.17) is 16.3 Å². The number of rotatable bonds is 4. The summed E-state index contributed by atoms with van der Waals surface area (Å²) >= 11 is 6.01. The molecular weight excluding hydrogens is 434 g/mol. The number of hydrogen-bond acceptors (Lipinski definition) is 4. The van der Waals surface area contributed by atoms with Crippen LogP contribution in [0, 0.1) is 5.92 Å². The lowest BCUT2D eigenvalue weighted by molar-refractivity contribution is -0.0150. The van der Waals surface area contributed by atoms with Crippen molar-refractivity contribution >= 4 is 17.2 Å². The van der Waals surface area contributed by atoms with Gasteiger partial charge in [0.05, 0.1) is 11.3 Å². The van der Waals surface area contributed by atoms with Gasteiger partial charge in [0.15, 0.2) is 0 Å². The van der Waals surface area contributed by atoms with Crippen molar-refractivity contribution in [1.82, 2.24) is 4.98 Å². The quantitative estimate of drug-likeness (QED) is 0.458. The summed E-state index contributed by atoms with van der Waals surface area (Å²) in [7, 11) is 0. The molecule has 1 saturated carbocycles. The van der Waals surface area contributed by atoms with Gasteiger partial charge < -0.3 is 14.9 Å². The van der Waals surface area contributed by atoms with E-state index in [0.717, 1.165) is 72.2 Å². The molecule has 0 atom stereocenters. The molecule has 0 unspecified atom stereocenters. The van der Waals surface area contributed by atoms with E-state index in [1.54, 1.807) is 18.3 Å². The molecule has 0 bridgehead atoms. The summed E-state index contributed by atoms with van der Waals surface area (Å²) in [6, 6.07) is 16.9. The predicted molar refractivity (Wildman–Crippen MR) is 130 cm³/mol. The summed E-state index contributed by atoms with van der Waals surface area (Å²) < 4.78 is 5.98. The number of ether oxygens (including phenoxy) is 1. The van der Waals surface area contributed by atoms with Gasteiger partial charge in [-0.15, -0.1) is 0 Å². The fourth-order valence-corrected chi connectivity index (χ4v) is 5.25. The Hall–Kier alpha value is -2.82. The van der Waals surface area contributed by atoms with Gasteiger partial charge in [0, 0.05) is 22.3 Å². The maximum Gasteiger partial charge on any atom is 0.131 e. The third kappa shape index (κ3) is 4.64. The van der Waals surface area contributed by atoms with Crippen LogP contribution in [0.3, 0.4) is 0 Å². The largest absolute Gasteiger partial charge is 0.508 e. The molecule has 1 aliphatic carbocycles. The highest BCUT2D eigenvalue weighted by Gasteiger charge is 2.34. The highest BCUT2D eigenvalue weighted by atomic mass is 35.5. The van der Waals surface area contributed by atoms with Crippen LogP contribution in [0.2, 0.25) is 5.02 Å². The first-order chi connectivity index (χ1) is 16.0. The first-order valence-corrected chi connectivity index (χ1v) is 12.0. The molecule has 0 spiro atoms. The van der Waals surface area contributed by atoms with Gasteiger partial charge in [0.25, 0.3) is 0 Å². The van der Waals surface area contributed by atoms with E-state index < -0.39 is 5.60 Å². The second-order valence-electron chi connectivity index (χ2n) is 9.14. The monoisotopic (exact) mass is 461 g/mol. The molecule has 0 amide bonds. The second-order valence-corrected chi connectivity index (χ2v) is 9.58. The van der Waals surface area contributed by atoms with Gasteiger partial charge in [-0.2, -0.15) is 0 Å². The van der Waals surface area contributed by atoms with Crippen LogP contribution >= 0.6 is 11.6 Å². The zero-order chi connectivity index (χ0) is 22.8. The van der Waals surface area contributed by atoms with Crippen molar-refractivity contribution < 1.29 is 14.9 Å². The number of fused-ring (bicyclic) bond motifs is 2. The standard InChI is InChI=1S/C28H28ClNO3/c29-21-8-6-20(7-9-21)28(32)14-12-19(13-15-28)3-1-4-23-24-5-2-16-30-26(24)18-33-27-11-10-22(31)17-25(23)27/h2,4-11,16-17,19,31-32H,1,3,12-15,18H2/b23-4+. The van der Waals surface area contributed by atoms with E-state index in [1.165, 1.54) is 0 Å². The summed E-state index contributed by atoms with van der Waals surface area (Å²) in [5.74, 6) is 1.57. The normalized spacial score (nSPS) is 23.3. The average Bonchev–Trinajstić information content (AvgIpc) is 2.98. The van der Waals surface area contributed by atoms with Crippen LogP contribution < -0.4 is 4.74 Å². The highest BCUT2D eigenvalue weighted by Crippen LogP contribution is 2.42. The van der Waals surface area contributed by atoms with Crippen molar-refractivity contribution in [2.75, 3.05) is 0 Å². The fourth-order valence-electron chi connectivity index (χ4n) is 5.12. The maximum absolute atomic E-state index is 11.2. The lowest BCUT2D eigenvalue weighted by atomic mass is 9.74. The maximum atomic E-state index is 11.2. The number of aromatic nitrogens is 1. The van der Waals surface area contributed by atoms with Gasteiger partial charge >= 0.3 is 0 Å². The minimum atomic E-state index is -0.751. The van der Waals surface area contributed by atoms with Gasteiger partial charge in [0.2, 0.25) is 0 Å². The van der Waals surface area contributed by atoms with E-state index in [0.29, 0.717) is 17.5 Å². The van der Waals surface area contributed by atoms with Crippen molar-refractivity contribution in [2.45, 2.75) is 50.7 Å². The molecule has 2 aliphatic rings. The number of phenols is 1. The van der Waals surface area contributed by atoms with Gasteiger partial charge in [0.1, 0.15) is 18.1 Å². The summed E-state index contributed by atoms with van der Waals surface area (Å²) in [4.78, 5) is 4.52. The molecule has 170 valence electrons. The number of nitrogens with zero attached hydrogens (tertiary/aromatic N) is 1. The molecule has 2 N–H and O–H groups in total. The van der Waals surface area contributed by atoms with E-state index >= 15 is 0 Å². The van der Waals surface area contributed by atoms with Crippen LogP contribution in [0.25, 0.3) is 5.57 Å². The molecule has 3 aromatic rings. The number of hydrogen-bond donors (Lipinski definition) is 2. The molecule has 5 rings (SSSR count). The lowest BCUT2D eigenvalue weighted by Gasteiger charge is -2.36. The molecule has 4 nitrogen and oxygen atoms in total. The molecule has 0 saturated heterocycles. The molecule has 2 heterocycles. The Morgan fingerprint density at radius 2 is 1.85 bits per heavy atom. The SMILES string of the molecule is Oc1ccc2c(c1)/C(=C/CCC1CCC(O)(c3ccc(Cl)cc3)CC1)c1cccnc1CO2. The van der Waals surface area contributed by atoms with Crippen LogP contribution in [-0.4, -0.2) is 15.2 Å². The fraction of sp³-hybridized carbons (Fsp3) is 0.321. The first kappa shape index (κ1) is 22.0. The second kappa shape index (κ2) is 9.20. The number of aliphatic hydroxyl groups is 1. The van der Waals surface area contributed by atoms with Crippen molar-refractivity contribution in [2.24, 2.45) is 5.92 Å². The third-order valence-corrected chi connectivity index (χ3v) is 7.29. The van der Waals surface area contributed by atoms with Crippen LogP contribution in [-0.2, 0) is 12.2 Å². The Morgan fingerprint density at radius 1 is 1.06 bits per heavy atom. The van der Waals surface area contributed by atoms with Crippen LogP contribution in [0.15, 0.2) is 66.9 Å². The van der Waals surface area contributed by atoms with E-state index in [9.17, 15) is 10.2 Å². The molecule has 1 fully saturated rings. The third-order valence-electron chi connectivity index (χ3n) is 7.04. The zero-order valence-electron chi connectivity index (χ0n) is 18.5. The predicted octanol–water partition coefficient (Wildman–Crippen LogP) is 6.62. The Kier molecular flexibility index (Phi) is 6.13. The number of phenolic OH excluding ortho intramolecular Hbond substituents is 1. The zero-order valence-corrected chi connectivity index (χ0v) is 19.3. The van der Waals surface area contributed by atoms with E-state index in [2.05, 4.69) is 17.1 Å². The van der Waals surface area contributed by atoms with Crippen molar-refractivity contribution in [3.63, 3.8) is 0 Å². The minimum Gasteiger partial charge on any atom is -0.508 e. The number of aromatic hydroxyl groups is 1.